The summed E-state index contributed by atoms with van der Waals surface area (Å²) >= 11 is 0. The summed E-state index contributed by atoms with van der Waals surface area (Å²) < 4.78 is 31.1. The van der Waals surface area contributed by atoms with Crippen LogP contribution in [0.25, 0.3) is 0 Å². The van der Waals surface area contributed by atoms with Gasteiger partial charge in [-0.15, -0.1) is 0 Å². The highest BCUT2D eigenvalue weighted by Crippen LogP contribution is 2.31. The predicted molar refractivity (Wildman–Crippen MR) is 113 cm³/mol. The Morgan fingerprint density at radius 3 is 2.19 bits per heavy atom. The van der Waals surface area contributed by atoms with E-state index in [9.17, 15) is 33.4 Å². The van der Waals surface area contributed by atoms with E-state index in [1.807, 2.05) is 0 Å². The maximum Gasteiger partial charge on any atom is 0.296 e. The number of amides is 1. The fourth-order valence-corrected chi connectivity index (χ4v) is 4.30. The van der Waals surface area contributed by atoms with E-state index in [1.54, 1.807) is 0 Å². The van der Waals surface area contributed by atoms with Crippen molar-refractivity contribution >= 4 is 32.8 Å². The normalized spacial score (nSPS) is 10.9. The van der Waals surface area contributed by atoms with Gasteiger partial charge in [-0.3, -0.25) is 25.0 Å². The van der Waals surface area contributed by atoms with Crippen molar-refractivity contribution < 1.29 is 27.8 Å². The second-order valence-electron chi connectivity index (χ2n) is 6.34. The lowest BCUT2D eigenvalue weighted by Crippen LogP contribution is -2.17. The van der Waals surface area contributed by atoms with Crippen LogP contribution in [-0.2, 0) is 9.84 Å². The number of anilines is 1. The molecule has 0 aromatic heterocycles. The third-order valence-corrected chi connectivity index (χ3v) is 6.26. The Bertz CT molecular complexity index is 1320. The molecule has 0 spiro atoms. The maximum atomic E-state index is 13.1. The highest BCUT2D eigenvalue weighted by Gasteiger charge is 2.26. The van der Waals surface area contributed by atoms with Gasteiger partial charge in [-0.25, -0.2) is 8.42 Å². The van der Waals surface area contributed by atoms with Crippen LogP contribution < -0.4 is 10.1 Å². The largest absolute Gasteiger partial charge is 0.496 e. The molecule has 32 heavy (non-hydrogen) atoms. The number of sulfone groups is 1. The molecule has 0 atom stereocenters. The summed E-state index contributed by atoms with van der Waals surface area (Å²) in [6.45, 7) is 0. The molecule has 3 aromatic rings. The van der Waals surface area contributed by atoms with E-state index in [0.29, 0.717) is 0 Å². The smallest absolute Gasteiger partial charge is 0.296 e. The number of nitrogens with one attached hydrogen (secondary N) is 1. The molecule has 0 bridgehead atoms. The number of hydrogen-bond acceptors (Lipinski definition) is 8. The molecular weight excluding hydrogens is 442 g/mol. The van der Waals surface area contributed by atoms with Crippen molar-refractivity contribution in [2.75, 3.05) is 12.4 Å². The Morgan fingerprint density at radius 2 is 1.59 bits per heavy atom. The van der Waals surface area contributed by atoms with E-state index in [4.69, 9.17) is 4.74 Å². The van der Waals surface area contributed by atoms with Crippen LogP contribution >= 0.6 is 0 Å². The Hall–Kier alpha value is -4.32. The lowest BCUT2D eigenvalue weighted by Gasteiger charge is -2.12. The van der Waals surface area contributed by atoms with Gasteiger partial charge in [0, 0.05) is 12.1 Å². The fraction of sp³-hybridized carbons (Fsp3) is 0.0500. The molecule has 0 aliphatic carbocycles. The third-order valence-electron chi connectivity index (χ3n) is 4.43. The van der Waals surface area contributed by atoms with Crippen LogP contribution in [0.2, 0.25) is 0 Å². The number of rotatable bonds is 7. The highest BCUT2D eigenvalue weighted by atomic mass is 32.2. The first kappa shape index (κ1) is 22.4. The number of nitro benzene ring substituents is 2. The minimum absolute atomic E-state index is 0.150. The van der Waals surface area contributed by atoms with Crippen molar-refractivity contribution in [3.05, 3.63) is 92.5 Å². The topological polar surface area (TPSA) is 159 Å². The lowest BCUT2D eigenvalue weighted by atomic mass is 10.2. The number of nitro groups is 2. The predicted octanol–water partition coefficient (Wildman–Crippen LogP) is 3.60. The van der Waals surface area contributed by atoms with Gasteiger partial charge in [-0.2, -0.15) is 0 Å². The molecule has 12 heteroatoms. The molecule has 0 radical (unpaired) electrons. The van der Waals surface area contributed by atoms with Crippen LogP contribution in [0.15, 0.2) is 76.5 Å². The average molecular weight is 457 g/mol. The molecule has 3 aromatic carbocycles. The number of hydrogen-bond donors (Lipinski definition) is 1. The van der Waals surface area contributed by atoms with Gasteiger partial charge < -0.3 is 10.1 Å². The van der Waals surface area contributed by atoms with E-state index in [-0.39, 0.29) is 32.5 Å². The maximum absolute atomic E-state index is 13.1. The van der Waals surface area contributed by atoms with Crippen LogP contribution in [0.3, 0.4) is 0 Å². The van der Waals surface area contributed by atoms with Gasteiger partial charge >= 0.3 is 0 Å². The van der Waals surface area contributed by atoms with Gasteiger partial charge in [-0.05, 0) is 36.4 Å². The van der Waals surface area contributed by atoms with Crippen molar-refractivity contribution in [1.29, 1.82) is 0 Å². The number of carbonyl (C=O) groups excluding carboxylic acids is 1. The quantitative estimate of drug-likeness (QED) is 0.416. The molecule has 0 heterocycles. The Morgan fingerprint density at radius 1 is 0.938 bits per heavy atom. The van der Waals surface area contributed by atoms with E-state index < -0.39 is 31.3 Å². The number of non-ortho nitro benzene ring substituents is 1. The fourth-order valence-electron chi connectivity index (χ4n) is 2.85. The summed E-state index contributed by atoms with van der Waals surface area (Å²) in [6.07, 6.45) is 0. The average Bonchev–Trinajstić information content (AvgIpc) is 2.79. The molecule has 0 aliphatic rings. The molecule has 11 nitrogen and oxygen atoms in total. The number of benzene rings is 3. The number of methoxy groups -OCH3 is 1. The van der Waals surface area contributed by atoms with Gasteiger partial charge in [-0.1, -0.05) is 12.1 Å². The monoisotopic (exact) mass is 457 g/mol. The summed E-state index contributed by atoms with van der Waals surface area (Å²) in [5.41, 5.74) is -1.13. The van der Waals surface area contributed by atoms with E-state index in [0.717, 1.165) is 30.3 Å². The summed E-state index contributed by atoms with van der Waals surface area (Å²) in [6, 6.07) is 13.3. The van der Waals surface area contributed by atoms with Crippen LogP contribution in [0.4, 0.5) is 17.1 Å². The minimum atomic E-state index is -4.22. The molecule has 0 unspecified atom stereocenters. The zero-order valence-electron chi connectivity index (χ0n) is 16.4. The van der Waals surface area contributed by atoms with Gasteiger partial charge in [0.25, 0.3) is 17.3 Å². The number of nitrogens with zero attached hydrogens (tertiary/aromatic N) is 2. The Labute approximate surface area is 181 Å². The summed E-state index contributed by atoms with van der Waals surface area (Å²) in [7, 11) is -2.89. The molecule has 1 amide bonds. The molecule has 1 N–H and O–H groups in total. The van der Waals surface area contributed by atoms with E-state index >= 15 is 0 Å². The van der Waals surface area contributed by atoms with Gasteiger partial charge in [0.1, 0.15) is 11.4 Å². The summed E-state index contributed by atoms with van der Waals surface area (Å²) in [5.74, 6) is -0.685. The molecule has 0 saturated heterocycles. The number of ether oxygens (including phenoxy) is 1. The van der Waals surface area contributed by atoms with Crippen molar-refractivity contribution in [3.63, 3.8) is 0 Å². The summed E-state index contributed by atoms with van der Waals surface area (Å²) in [4.78, 5) is 33.0. The number of carbonyl (C=O) groups is 1. The van der Waals surface area contributed by atoms with Crippen LogP contribution in [-0.4, -0.2) is 31.3 Å². The minimum Gasteiger partial charge on any atom is -0.496 e. The molecule has 164 valence electrons. The van der Waals surface area contributed by atoms with Gasteiger partial charge in [0.2, 0.25) is 9.84 Å². The highest BCUT2D eigenvalue weighted by molar-refractivity contribution is 7.91. The second kappa shape index (κ2) is 8.81. The zero-order valence-corrected chi connectivity index (χ0v) is 17.2. The van der Waals surface area contributed by atoms with E-state index in [1.165, 1.54) is 43.5 Å². The molecule has 0 fully saturated rings. The van der Waals surface area contributed by atoms with Crippen molar-refractivity contribution in [1.82, 2.24) is 0 Å². The molecule has 0 aliphatic heterocycles. The van der Waals surface area contributed by atoms with Crippen molar-refractivity contribution in [2.45, 2.75) is 9.79 Å². The molecule has 0 saturated carbocycles. The van der Waals surface area contributed by atoms with E-state index in [2.05, 4.69) is 5.32 Å². The lowest BCUT2D eigenvalue weighted by molar-refractivity contribution is -0.384. The zero-order chi connectivity index (χ0) is 23.5. The van der Waals surface area contributed by atoms with Crippen LogP contribution in [0.1, 0.15) is 10.4 Å². The first-order valence-corrected chi connectivity index (χ1v) is 10.4. The second-order valence-corrected chi connectivity index (χ2v) is 8.26. The van der Waals surface area contributed by atoms with Crippen LogP contribution in [0.5, 0.6) is 5.75 Å². The molecular formula is C20H15N3O8S. The van der Waals surface area contributed by atoms with Gasteiger partial charge in [0.05, 0.1) is 38.4 Å². The first-order valence-electron chi connectivity index (χ1n) is 8.87. The van der Waals surface area contributed by atoms with Crippen molar-refractivity contribution in [3.8, 4) is 5.75 Å². The standard InChI is InChI=1S/C20H15N3O8S/c1-31-14-8-11-17(18(12-14)23(27)28)21-20(24)16-4-2-3-5-19(16)32(29,30)15-9-6-13(7-10-15)22(25)26/h2-12H,1H3,(H,21,24). The van der Waals surface area contributed by atoms with Gasteiger partial charge in [0.15, 0.2) is 0 Å². The SMILES string of the molecule is COc1ccc(NC(=O)c2ccccc2S(=O)(=O)c2ccc([N+](=O)[O-])cc2)c([N+](=O)[O-])c1. The summed E-state index contributed by atoms with van der Waals surface area (Å²) in [5, 5.41) is 24.5. The Kier molecular flexibility index (Phi) is 6.16. The third kappa shape index (κ3) is 4.39. The first-order chi connectivity index (χ1) is 15.1. The van der Waals surface area contributed by atoms with Crippen molar-refractivity contribution in [2.24, 2.45) is 0 Å². The Balaban J connectivity index is 2.00. The van der Waals surface area contributed by atoms with Crippen LogP contribution in [0, 0.1) is 20.2 Å². The molecule has 3 rings (SSSR count).